The number of hydrogen-bond acceptors (Lipinski definition) is 7. The summed E-state index contributed by atoms with van der Waals surface area (Å²) in [5.74, 6) is 0.576. The number of aromatic nitrogens is 1. The number of morpholine rings is 1. The maximum absolute atomic E-state index is 12.2. The van der Waals surface area contributed by atoms with Crippen LogP contribution in [0.2, 0.25) is 0 Å². The summed E-state index contributed by atoms with van der Waals surface area (Å²) < 4.78 is 10.7. The molecule has 3 rings (SSSR count). The normalized spacial score (nSPS) is 20.0. The highest BCUT2D eigenvalue weighted by Crippen LogP contribution is 2.09. The molecule has 1 amide bonds. The largest absolute Gasteiger partial charge is 0.379 e. The van der Waals surface area contributed by atoms with Crippen LogP contribution in [0, 0.1) is 0 Å². The third kappa shape index (κ3) is 6.57. The second kappa shape index (κ2) is 10.8. The smallest absolute Gasteiger partial charge is 0.273 e. The predicted octanol–water partition coefficient (Wildman–Crippen LogP) is 0.654. The number of amides is 1. The van der Waals surface area contributed by atoms with Crippen LogP contribution >= 0.6 is 0 Å². The molecule has 8 heteroatoms. The molecule has 0 radical (unpaired) electrons. The Kier molecular flexibility index (Phi) is 8.07. The highest BCUT2D eigenvalue weighted by atomic mass is 16.5. The average Bonchev–Trinajstić information content (AvgIpc) is 3.16. The van der Waals surface area contributed by atoms with Crippen molar-refractivity contribution in [3.8, 4) is 0 Å². The van der Waals surface area contributed by atoms with Crippen LogP contribution in [-0.4, -0.2) is 97.9 Å². The SMILES string of the molecule is CCCN1CCN(CCCNC(=O)c2cc(CN3CCOCC3)on2)CC1. The molecule has 0 saturated carbocycles. The van der Waals surface area contributed by atoms with Crippen LogP contribution in [0.3, 0.4) is 0 Å². The van der Waals surface area contributed by atoms with Crippen LogP contribution in [-0.2, 0) is 11.3 Å². The van der Waals surface area contributed by atoms with Gasteiger partial charge in [0.1, 0.15) is 0 Å². The highest BCUT2D eigenvalue weighted by molar-refractivity contribution is 5.92. The van der Waals surface area contributed by atoms with Crippen LogP contribution < -0.4 is 5.32 Å². The highest BCUT2D eigenvalue weighted by Gasteiger charge is 2.17. The van der Waals surface area contributed by atoms with Crippen molar-refractivity contribution < 1.29 is 14.1 Å². The molecule has 0 atom stereocenters. The van der Waals surface area contributed by atoms with E-state index in [-0.39, 0.29) is 5.91 Å². The number of carbonyl (C=O) groups is 1. The number of carbonyl (C=O) groups excluding carboxylic acids is 1. The first-order valence-electron chi connectivity index (χ1n) is 10.2. The molecule has 2 fully saturated rings. The molecule has 2 aliphatic rings. The van der Waals surface area contributed by atoms with Gasteiger partial charge in [0.25, 0.3) is 5.91 Å². The quantitative estimate of drug-likeness (QED) is 0.632. The van der Waals surface area contributed by atoms with Crippen LogP contribution in [0.1, 0.15) is 36.0 Å². The molecule has 3 heterocycles. The molecule has 0 aliphatic carbocycles. The third-order valence-corrected chi connectivity index (χ3v) is 5.22. The summed E-state index contributed by atoms with van der Waals surface area (Å²) in [6.07, 6.45) is 2.18. The fourth-order valence-corrected chi connectivity index (χ4v) is 3.62. The Morgan fingerprint density at radius 1 is 1.07 bits per heavy atom. The van der Waals surface area contributed by atoms with Crippen molar-refractivity contribution in [3.05, 3.63) is 17.5 Å². The zero-order chi connectivity index (χ0) is 18.9. The summed E-state index contributed by atoms with van der Waals surface area (Å²) in [6.45, 7) is 13.6. The van der Waals surface area contributed by atoms with E-state index in [0.29, 0.717) is 18.8 Å². The van der Waals surface area contributed by atoms with Gasteiger partial charge in [0.15, 0.2) is 11.5 Å². The Bertz CT molecular complexity index is 565. The van der Waals surface area contributed by atoms with Gasteiger partial charge in [-0.15, -0.1) is 0 Å². The predicted molar refractivity (Wildman–Crippen MR) is 103 cm³/mol. The van der Waals surface area contributed by atoms with E-state index in [0.717, 1.165) is 71.2 Å². The van der Waals surface area contributed by atoms with Crippen molar-refractivity contribution in [1.29, 1.82) is 0 Å². The van der Waals surface area contributed by atoms with E-state index in [9.17, 15) is 4.79 Å². The molecule has 0 bridgehead atoms. The van der Waals surface area contributed by atoms with Gasteiger partial charge >= 0.3 is 0 Å². The molecule has 152 valence electrons. The first-order valence-corrected chi connectivity index (χ1v) is 10.2. The van der Waals surface area contributed by atoms with Crippen molar-refractivity contribution in [3.63, 3.8) is 0 Å². The fourth-order valence-electron chi connectivity index (χ4n) is 3.62. The lowest BCUT2D eigenvalue weighted by Crippen LogP contribution is -2.47. The summed E-state index contributed by atoms with van der Waals surface area (Å²) in [5.41, 5.74) is 0.367. The number of nitrogens with zero attached hydrogens (tertiary/aromatic N) is 4. The van der Waals surface area contributed by atoms with Gasteiger partial charge in [0, 0.05) is 51.9 Å². The second-order valence-corrected chi connectivity index (χ2v) is 7.36. The van der Waals surface area contributed by atoms with E-state index < -0.39 is 0 Å². The Hall–Kier alpha value is -1.48. The maximum Gasteiger partial charge on any atom is 0.273 e. The summed E-state index contributed by atoms with van der Waals surface area (Å²) in [6, 6.07) is 1.75. The summed E-state index contributed by atoms with van der Waals surface area (Å²) >= 11 is 0. The zero-order valence-corrected chi connectivity index (χ0v) is 16.5. The number of ether oxygens (including phenoxy) is 1. The van der Waals surface area contributed by atoms with Crippen molar-refractivity contribution in [2.45, 2.75) is 26.3 Å². The maximum atomic E-state index is 12.2. The third-order valence-electron chi connectivity index (χ3n) is 5.22. The summed E-state index contributed by atoms with van der Waals surface area (Å²) in [4.78, 5) is 19.5. The van der Waals surface area contributed by atoms with Crippen molar-refractivity contribution in [2.75, 3.05) is 72.1 Å². The standard InChI is InChI=1S/C19H33N5O3/c1-2-5-22-7-9-23(10-8-22)6-3-4-20-19(25)18-15-17(27-21-18)16-24-11-13-26-14-12-24/h15H,2-14,16H2,1H3,(H,20,25). The minimum absolute atomic E-state index is 0.153. The molecule has 27 heavy (non-hydrogen) atoms. The van der Waals surface area contributed by atoms with Crippen molar-refractivity contribution >= 4 is 5.91 Å². The molecule has 0 aromatic carbocycles. The topological polar surface area (TPSA) is 74.1 Å². The van der Waals surface area contributed by atoms with E-state index in [4.69, 9.17) is 9.26 Å². The summed E-state index contributed by atoms with van der Waals surface area (Å²) in [5, 5.41) is 6.87. The van der Waals surface area contributed by atoms with E-state index >= 15 is 0 Å². The Morgan fingerprint density at radius 3 is 2.48 bits per heavy atom. The second-order valence-electron chi connectivity index (χ2n) is 7.36. The molecule has 2 saturated heterocycles. The fraction of sp³-hybridized carbons (Fsp3) is 0.789. The van der Waals surface area contributed by atoms with Gasteiger partial charge in [-0.2, -0.15) is 0 Å². The zero-order valence-electron chi connectivity index (χ0n) is 16.5. The number of nitrogens with one attached hydrogen (secondary N) is 1. The number of piperazine rings is 1. The van der Waals surface area contributed by atoms with E-state index in [1.165, 1.54) is 13.0 Å². The van der Waals surface area contributed by atoms with Gasteiger partial charge in [-0.3, -0.25) is 9.69 Å². The number of hydrogen-bond donors (Lipinski definition) is 1. The molecular weight excluding hydrogens is 346 g/mol. The average molecular weight is 380 g/mol. The van der Waals surface area contributed by atoms with Crippen LogP contribution in [0.15, 0.2) is 10.6 Å². The van der Waals surface area contributed by atoms with E-state index in [1.807, 2.05) is 0 Å². The monoisotopic (exact) mass is 379 g/mol. The molecule has 1 aromatic heterocycles. The lowest BCUT2D eigenvalue weighted by molar-refractivity contribution is 0.0305. The van der Waals surface area contributed by atoms with Crippen LogP contribution in [0.5, 0.6) is 0 Å². The van der Waals surface area contributed by atoms with Gasteiger partial charge in [-0.05, 0) is 25.9 Å². The molecule has 2 aliphatic heterocycles. The number of rotatable bonds is 9. The van der Waals surface area contributed by atoms with Gasteiger partial charge in [-0.1, -0.05) is 12.1 Å². The van der Waals surface area contributed by atoms with Crippen molar-refractivity contribution in [2.24, 2.45) is 0 Å². The lowest BCUT2D eigenvalue weighted by atomic mass is 10.2. The van der Waals surface area contributed by atoms with Gasteiger partial charge in [0.2, 0.25) is 0 Å². The molecule has 0 spiro atoms. The van der Waals surface area contributed by atoms with E-state index in [1.54, 1.807) is 6.07 Å². The van der Waals surface area contributed by atoms with Crippen LogP contribution in [0.25, 0.3) is 0 Å². The molecule has 1 aromatic rings. The molecule has 8 nitrogen and oxygen atoms in total. The Balaban J connectivity index is 1.30. The summed E-state index contributed by atoms with van der Waals surface area (Å²) in [7, 11) is 0. The van der Waals surface area contributed by atoms with Gasteiger partial charge in [0.05, 0.1) is 19.8 Å². The Morgan fingerprint density at radius 2 is 1.78 bits per heavy atom. The first-order chi connectivity index (χ1) is 13.2. The minimum atomic E-state index is -0.153. The van der Waals surface area contributed by atoms with Crippen molar-refractivity contribution in [1.82, 2.24) is 25.2 Å². The minimum Gasteiger partial charge on any atom is -0.379 e. The molecule has 0 unspecified atom stereocenters. The molecule has 1 N–H and O–H groups in total. The van der Waals surface area contributed by atoms with Gasteiger partial charge in [-0.25, -0.2) is 0 Å². The van der Waals surface area contributed by atoms with Crippen LogP contribution in [0.4, 0.5) is 0 Å². The Labute approximate surface area is 161 Å². The van der Waals surface area contributed by atoms with Gasteiger partial charge < -0.3 is 24.4 Å². The van der Waals surface area contributed by atoms with E-state index in [2.05, 4.69) is 32.1 Å². The lowest BCUT2D eigenvalue weighted by Gasteiger charge is -2.34. The molecular formula is C19H33N5O3. The first kappa shape index (κ1) is 20.3.